The number of hydrogen-bond acceptors (Lipinski definition) is 7. The van der Waals surface area contributed by atoms with Gasteiger partial charge in [-0.25, -0.2) is 9.37 Å². The Hall–Kier alpha value is -4.05. The van der Waals surface area contributed by atoms with Crippen molar-refractivity contribution in [2.24, 2.45) is 5.10 Å². The highest BCUT2D eigenvalue weighted by atomic mass is 35.5. The van der Waals surface area contributed by atoms with Crippen molar-refractivity contribution >= 4 is 40.9 Å². The largest absolute Gasteiger partial charge is 0.482 e. The summed E-state index contributed by atoms with van der Waals surface area (Å²) in [5.41, 5.74) is 3.61. The van der Waals surface area contributed by atoms with E-state index in [9.17, 15) is 19.3 Å². The summed E-state index contributed by atoms with van der Waals surface area (Å²) >= 11 is 6.18. The van der Waals surface area contributed by atoms with E-state index in [2.05, 4.69) is 20.8 Å². The fraction of sp³-hybridized carbons (Fsp3) is 0.0500. The van der Waals surface area contributed by atoms with Gasteiger partial charge < -0.3 is 10.1 Å². The van der Waals surface area contributed by atoms with Crippen LogP contribution < -0.4 is 15.5 Å². The minimum Gasteiger partial charge on any atom is -0.482 e. The molecule has 0 radical (unpaired) electrons. The van der Waals surface area contributed by atoms with Gasteiger partial charge in [0.2, 0.25) is 0 Å². The van der Waals surface area contributed by atoms with Crippen molar-refractivity contribution in [3.05, 3.63) is 87.3 Å². The number of nitrogens with one attached hydrogen (secondary N) is 2. The Labute approximate surface area is 180 Å². The van der Waals surface area contributed by atoms with E-state index in [0.717, 1.165) is 6.20 Å². The van der Waals surface area contributed by atoms with Gasteiger partial charge in [0, 0.05) is 11.8 Å². The molecule has 0 fully saturated rings. The van der Waals surface area contributed by atoms with Crippen molar-refractivity contribution in [2.75, 3.05) is 17.3 Å². The Kier molecular flexibility index (Phi) is 7.07. The number of nitrogens with zero attached hydrogens (tertiary/aromatic N) is 3. The normalized spacial score (nSPS) is 10.6. The first kappa shape index (κ1) is 21.7. The van der Waals surface area contributed by atoms with E-state index in [1.807, 2.05) is 0 Å². The van der Waals surface area contributed by atoms with E-state index in [-0.39, 0.29) is 17.3 Å². The van der Waals surface area contributed by atoms with Crippen molar-refractivity contribution in [2.45, 2.75) is 0 Å². The lowest BCUT2D eigenvalue weighted by molar-refractivity contribution is -0.385. The number of carbonyl (C=O) groups excluding carboxylic acids is 1. The monoisotopic (exact) mass is 443 g/mol. The summed E-state index contributed by atoms with van der Waals surface area (Å²) in [5.74, 6) is -0.185. The van der Waals surface area contributed by atoms with Crippen LogP contribution in [0.4, 0.5) is 21.6 Å². The van der Waals surface area contributed by atoms with Gasteiger partial charge in [-0.2, -0.15) is 5.10 Å². The molecule has 3 aromatic rings. The molecule has 0 atom stereocenters. The summed E-state index contributed by atoms with van der Waals surface area (Å²) in [5, 5.41) is 17.4. The molecular weight excluding hydrogens is 429 g/mol. The van der Waals surface area contributed by atoms with Crippen LogP contribution in [-0.2, 0) is 4.79 Å². The summed E-state index contributed by atoms with van der Waals surface area (Å²) in [4.78, 5) is 25.9. The number of pyridine rings is 1. The molecule has 1 aromatic heterocycles. The number of benzene rings is 2. The fourth-order valence-electron chi connectivity index (χ4n) is 2.32. The lowest BCUT2D eigenvalue weighted by Gasteiger charge is -2.09. The number of hydrogen-bond donors (Lipinski definition) is 2. The van der Waals surface area contributed by atoms with Gasteiger partial charge in [0.15, 0.2) is 6.61 Å². The van der Waals surface area contributed by atoms with E-state index in [1.165, 1.54) is 42.6 Å². The highest BCUT2D eigenvalue weighted by Crippen LogP contribution is 2.25. The van der Waals surface area contributed by atoms with Crippen LogP contribution in [0, 0.1) is 15.9 Å². The van der Waals surface area contributed by atoms with Crippen molar-refractivity contribution in [1.29, 1.82) is 0 Å². The first-order valence-electron chi connectivity index (χ1n) is 8.78. The average molecular weight is 444 g/mol. The third kappa shape index (κ3) is 6.47. The van der Waals surface area contributed by atoms with Crippen LogP contribution in [0.25, 0.3) is 0 Å². The molecule has 1 heterocycles. The molecule has 0 bridgehead atoms. The molecule has 0 saturated carbocycles. The third-order valence-electron chi connectivity index (χ3n) is 3.79. The van der Waals surface area contributed by atoms with E-state index in [0.29, 0.717) is 22.8 Å². The fourth-order valence-corrected chi connectivity index (χ4v) is 2.56. The van der Waals surface area contributed by atoms with Crippen LogP contribution >= 0.6 is 11.6 Å². The predicted octanol–water partition coefficient (Wildman–Crippen LogP) is 4.25. The number of anilines is 2. The van der Waals surface area contributed by atoms with Crippen LogP contribution in [0.1, 0.15) is 5.56 Å². The Balaban J connectivity index is 1.51. The Bertz CT molecular complexity index is 1110. The number of rotatable bonds is 8. The van der Waals surface area contributed by atoms with Crippen molar-refractivity contribution in [1.82, 2.24) is 4.98 Å². The van der Waals surface area contributed by atoms with Gasteiger partial charge in [-0.1, -0.05) is 11.6 Å². The van der Waals surface area contributed by atoms with Crippen LogP contribution in [-0.4, -0.2) is 28.6 Å². The lowest BCUT2D eigenvalue weighted by Crippen LogP contribution is -2.20. The van der Waals surface area contributed by atoms with Crippen LogP contribution in [0.3, 0.4) is 0 Å². The van der Waals surface area contributed by atoms with Crippen molar-refractivity contribution in [3.63, 3.8) is 0 Å². The third-order valence-corrected chi connectivity index (χ3v) is 4.09. The van der Waals surface area contributed by atoms with Gasteiger partial charge in [-0.15, -0.1) is 0 Å². The minimum absolute atomic E-state index is 0.122. The molecule has 9 nitrogen and oxygen atoms in total. The Morgan fingerprint density at radius 2 is 2.00 bits per heavy atom. The van der Waals surface area contributed by atoms with Gasteiger partial charge in [0.05, 0.1) is 16.2 Å². The van der Waals surface area contributed by atoms with Gasteiger partial charge in [-0.05, 0) is 54.1 Å². The van der Waals surface area contributed by atoms with E-state index >= 15 is 0 Å². The molecule has 0 aliphatic heterocycles. The zero-order valence-corrected chi connectivity index (χ0v) is 16.5. The quantitative estimate of drug-likeness (QED) is 0.305. The van der Waals surface area contributed by atoms with Crippen molar-refractivity contribution < 1.29 is 18.8 Å². The summed E-state index contributed by atoms with van der Waals surface area (Å²) in [6, 6.07) is 12.9. The number of carbonyl (C=O) groups is 1. The van der Waals surface area contributed by atoms with E-state index in [1.54, 1.807) is 18.2 Å². The maximum absolute atomic E-state index is 12.9. The summed E-state index contributed by atoms with van der Waals surface area (Å²) in [7, 11) is 0. The van der Waals surface area contributed by atoms with Gasteiger partial charge >= 0.3 is 0 Å². The molecule has 11 heteroatoms. The first-order chi connectivity index (χ1) is 14.9. The molecule has 0 saturated heterocycles. The smallest absolute Gasteiger partial charge is 0.287 e. The number of halogens is 2. The predicted molar refractivity (Wildman–Crippen MR) is 114 cm³/mol. The zero-order valence-electron chi connectivity index (χ0n) is 15.8. The first-order valence-corrected chi connectivity index (χ1v) is 9.16. The minimum atomic E-state index is -0.544. The highest BCUT2D eigenvalue weighted by molar-refractivity contribution is 6.32. The number of nitro groups is 1. The summed E-state index contributed by atoms with van der Waals surface area (Å²) in [6.45, 7) is -0.280. The molecule has 3 rings (SSSR count). The number of amides is 1. The van der Waals surface area contributed by atoms with E-state index in [4.69, 9.17) is 16.3 Å². The molecule has 2 aromatic carbocycles. The van der Waals surface area contributed by atoms with Gasteiger partial charge in [0.25, 0.3) is 11.6 Å². The second-order valence-electron chi connectivity index (χ2n) is 6.06. The number of aromatic nitrogens is 1. The molecule has 2 N–H and O–H groups in total. The van der Waals surface area contributed by atoms with Crippen LogP contribution in [0.5, 0.6) is 5.75 Å². The molecule has 0 aliphatic rings. The summed E-state index contributed by atoms with van der Waals surface area (Å²) in [6.07, 6.45) is 2.59. The maximum Gasteiger partial charge on any atom is 0.287 e. The van der Waals surface area contributed by atoms with Crippen molar-refractivity contribution in [3.8, 4) is 5.75 Å². The topological polar surface area (TPSA) is 119 Å². The van der Waals surface area contributed by atoms with Crippen LogP contribution in [0.15, 0.2) is 65.9 Å². The Morgan fingerprint density at radius 3 is 2.65 bits per heavy atom. The molecule has 0 unspecified atom stereocenters. The lowest BCUT2D eigenvalue weighted by atomic mass is 10.2. The second-order valence-corrected chi connectivity index (χ2v) is 6.47. The standard InChI is InChI=1S/C20H15ClFN5O4/c21-17-9-13(10-24-26-19-8-6-16(11-23-19)27(29)30)1-7-18(17)31-12-20(28)25-15-4-2-14(22)3-5-15/h1-11H,12H2,(H,23,26)(H,25,28)/b24-10+. The average Bonchev–Trinajstić information content (AvgIpc) is 2.75. The van der Waals surface area contributed by atoms with Crippen LogP contribution in [0.2, 0.25) is 5.02 Å². The highest BCUT2D eigenvalue weighted by Gasteiger charge is 2.08. The number of ether oxygens (including phenoxy) is 1. The maximum atomic E-state index is 12.9. The van der Waals surface area contributed by atoms with Gasteiger partial charge in [-0.3, -0.25) is 20.3 Å². The Morgan fingerprint density at radius 1 is 1.23 bits per heavy atom. The SMILES string of the molecule is O=C(COc1ccc(/C=N/Nc2ccc([N+](=O)[O-])cn2)cc1Cl)Nc1ccc(F)cc1. The second kappa shape index (κ2) is 10.1. The molecular formula is C20H15ClFN5O4. The zero-order chi connectivity index (χ0) is 22.2. The van der Waals surface area contributed by atoms with Gasteiger partial charge in [0.1, 0.15) is 23.6 Å². The molecule has 1 amide bonds. The number of hydrazone groups is 1. The molecule has 0 spiro atoms. The molecule has 158 valence electrons. The van der Waals surface area contributed by atoms with E-state index < -0.39 is 16.6 Å². The summed E-state index contributed by atoms with van der Waals surface area (Å²) < 4.78 is 18.3. The molecule has 31 heavy (non-hydrogen) atoms. The molecule has 0 aliphatic carbocycles.